The summed E-state index contributed by atoms with van der Waals surface area (Å²) in [5, 5.41) is 11.5. The number of Topliss-reactive ketones (excluding diaryl/α,β-unsaturated/α-hetero) is 1. The van der Waals surface area contributed by atoms with Crippen LogP contribution < -0.4 is 4.74 Å². The number of hydrogen-bond donors (Lipinski definition) is 1. The Morgan fingerprint density at radius 3 is 1.64 bits per heavy atom. The Morgan fingerprint density at radius 2 is 1.24 bits per heavy atom. The van der Waals surface area contributed by atoms with E-state index in [1.54, 1.807) is 7.11 Å². The van der Waals surface area contributed by atoms with Crippen molar-refractivity contribution in [1.82, 2.24) is 0 Å². The highest BCUT2D eigenvalue weighted by atomic mass is 28.4. The number of carbonyl (C=O) groups is 1. The molecule has 0 radical (unpaired) electrons. The van der Waals surface area contributed by atoms with Gasteiger partial charge in [-0.2, -0.15) is 0 Å². The third-order valence-corrected chi connectivity index (χ3v) is 13.8. The lowest BCUT2D eigenvalue weighted by atomic mass is 9.78. The molecule has 0 saturated carbocycles. The SMILES string of the molecule is CCCC[Si](CCCC)(CCCC)O[C@H](C(C)C)[C@H](C)C(=O)[C@@H](C)[C@H](O)[C@H](C)[C@H](OCc1ccc(OC)cc1)C(C)C. The van der Waals surface area contributed by atoms with E-state index in [-0.39, 0.29) is 41.7 Å². The molecule has 0 aliphatic heterocycles. The van der Waals surface area contributed by atoms with Crippen molar-refractivity contribution in [2.24, 2.45) is 29.6 Å². The molecule has 1 aromatic rings. The number of aliphatic hydroxyl groups is 1. The Labute approximate surface area is 260 Å². The highest BCUT2D eigenvalue weighted by Gasteiger charge is 2.42. The Balaban J connectivity index is 3.09. The lowest BCUT2D eigenvalue weighted by molar-refractivity contribution is -0.137. The van der Waals surface area contributed by atoms with Gasteiger partial charge in [0, 0.05) is 17.8 Å². The molecule has 1 aromatic carbocycles. The van der Waals surface area contributed by atoms with Crippen LogP contribution in [0.5, 0.6) is 5.75 Å². The lowest BCUT2D eigenvalue weighted by Crippen LogP contribution is -2.49. The van der Waals surface area contributed by atoms with Gasteiger partial charge in [0.05, 0.1) is 32.0 Å². The molecule has 0 unspecified atom stereocenters. The molecular formula is C36H66O5Si. The smallest absolute Gasteiger partial charge is 0.193 e. The zero-order valence-corrected chi connectivity index (χ0v) is 30.1. The van der Waals surface area contributed by atoms with Gasteiger partial charge in [-0.1, -0.05) is 120 Å². The fourth-order valence-electron chi connectivity index (χ4n) is 6.41. The van der Waals surface area contributed by atoms with E-state index >= 15 is 0 Å². The number of ether oxygens (including phenoxy) is 2. The van der Waals surface area contributed by atoms with Crippen molar-refractivity contribution in [2.45, 2.75) is 151 Å². The van der Waals surface area contributed by atoms with Gasteiger partial charge >= 0.3 is 0 Å². The Hall–Kier alpha value is -1.21. The molecule has 6 heteroatoms. The topological polar surface area (TPSA) is 65.0 Å². The summed E-state index contributed by atoms with van der Waals surface area (Å²) < 4.78 is 18.9. The molecule has 0 aliphatic carbocycles. The maximum atomic E-state index is 14.0. The van der Waals surface area contributed by atoms with Gasteiger partial charge in [-0.25, -0.2) is 0 Å². The summed E-state index contributed by atoms with van der Waals surface area (Å²) in [6, 6.07) is 11.4. The van der Waals surface area contributed by atoms with Crippen LogP contribution in [0, 0.1) is 29.6 Å². The minimum Gasteiger partial charge on any atom is -0.497 e. The van der Waals surface area contributed by atoms with Gasteiger partial charge in [0.2, 0.25) is 0 Å². The van der Waals surface area contributed by atoms with Crippen LogP contribution in [-0.2, 0) is 20.6 Å². The first-order valence-electron chi connectivity index (χ1n) is 17.0. The number of hydrogen-bond acceptors (Lipinski definition) is 5. The summed E-state index contributed by atoms with van der Waals surface area (Å²) in [4.78, 5) is 14.0. The fraction of sp³-hybridized carbons (Fsp3) is 0.806. The van der Waals surface area contributed by atoms with Gasteiger partial charge in [0.1, 0.15) is 11.5 Å². The summed E-state index contributed by atoms with van der Waals surface area (Å²) in [6.45, 7) is 21.8. The fourth-order valence-corrected chi connectivity index (χ4v) is 11.6. The molecule has 1 N–H and O–H groups in total. The molecule has 5 nitrogen and oxygen atoms in total. The molecule has 244 valence electrons. The molecule has 0 heterocycles. The summed E-state index contributed by atoms with van der Waals surface area (Å²) in [5.41, 5.74) is 1.06. The number of benzene rings is 1. The van der Waals surface area contributed by atoms with Crippen LogP contribution in [0.3, 0.4) is 0 Å². The zero-order valence-electron chi connectivity index (χ0n) is 29.1. The maximum absolute atomic E-state index is 14.0. The number of carbonyl (C=O) groups excluding carboxylic acids is 1. The quantitative estimate of drug-likeness (QED) is 0.126. The van der Waals surface area contributed by atoms with E-state index in [4.69, 9.17) is 13.9 Å². The highest BCUT2D eigenvalue weighted by molar-refractivity contribution is 6.73. The molecule has 0 aromatic heterocycles. The van der Waals surface area contributed by atoms with Gasteiger partial charge in [-0.15, -0.1) is 0 Å². The van der Waals surface area contributed by atoms with Crippen LogP contribution in [0.25, 0.3) is 0 Å². The van der Waals surface area contributed by atoms with Crippen molar-refractivity contribution >= 4 is 14.1 Å². The van der Waals surface area contributed by atoms with E-state index in [1.807, 2.05) is 45.0 Å². The van der Waals surface area contributed by atoms with Crippen molar-refractivity contribution in [3.63, 3.8) is 0 Å². The van der Waals surface area contributed by atoms with Crippen LogP contribution >= 0.6 is 0 Å². The second kappa shape index (κ2) is 19.9. The molecule has 0 aliphatic rings. The van der Waals surface area contributed by atoms with Gasteiger partial charge in [0.15, 0.2) is 8.32 Å². The van der Waals surface area contributed by atoms with E-state index in [2.05, 4.69) is 48.5 Å². The molecule has 0 spiro atoms. The Kier molecular flexibility index (Phi) is 18.4. The average molecular weight is 607 g/mol. The normalized spacial score (nSPS) is 16.7. The van der Waals surface area contributed by atoms with Crippen LogP contribution in [0.1, 0.15) is 113 Å². The summed E-state index contributed by atoms with van der Waals surface area (Å²) >= 11 is 0. The van der Waals surface area contributed by atoms with Crippen molar-refractivity contribution in [1.29, 1.82) is 0 Å². The molecule has 42 heavy (non-hydrogen) atoms. The van der Waals surface area contributed by atoms with Gasteiger partial charge in [0.25, 0.3) is 0 Å². The first-order valence-corrected chi connectivity index (χ1v) is 19.5. The van der Waals surface area contributed by atoms with Crippen molar-refractivity contribution in [3.8, 4) is 5.75 Å². The molecule has 1 rings (SSSR count). The van der Waals surface area contributed by atoms with Crippen molar-refractivity contribution in [2.75, 3.05) is 7.11 Å². The second-order valence-electron chi connectivity index (χ2n) is 13.5. The van der Waals surface area contributed by atoms with Crippen LogP contribution in [-0.4, -0.2) is 44.6 Å². The third kappa shape index (κ3) is 12.1. The van der Waals surface area contributed by atoms with Crippen molar-refractivity contribution < 1.29 is 23.8 Å². The first-order chi connectivity index (χ1) is 19.9. The highest BCUT2D eigenvalue weighted by Crippen LogP contribution is 2.36. The minimum atomic E-state index is -2.00. The summed E-state index contributed by atoms with van der Waals surface area (Å²) in [5.74, 6) is 0.393. The Bertz CT molecular complexity index is 833. The minimum absolute atomic E-state index is 0.107. The molecule has 0 saturated heterocycles. The largest absolute Gasteiger partial charge is 0.497 e. The number of rotatable bonds is 23. The number of unbranched alkanes of at least 4 members (excludes halogenated alkanes) is 3. The van der Waals surface area contributed by atoms with Gasteiger partial charge < -0.3 is 19.0 Å². The van der Waals surface area contributed by atoms with Crippen LogP contribution in [0.2, 0.25) is 18.1 Å². The standard InChI is InChI=1S/C36H66O5Si/c1-12-15-22-42(23-16-13-2,24-17-14-3)41-36(27(6)7)30(10)34(38)28(8)33(37)29(9)35(26(4)5)40-25-31-18-20-32(39-11)21-19-31/h18-21,26-30,33,35-37H,12-17,22-25H2,1-11H3/t28-,29-,30+,33-,35+,36+/m0/s1. The zero-order chi connectivity index (χ0) is 31.9. The summed E-state index contributed by atoms with van der Waals surface area (Å²) in [7, 11) is -0.343. The molecule has 0 fully saturated rings. The molecular weight excluding hydrogens is 540 g/mol. The Morgan fingerprint density at radius 1 is 0.762 bits per heavy atom. The number of aliphatic hydroxyl groups excluding tert-OH is 1. The van der Waals surface area contributed by atoms with E-state index in [0.717, 1.165) is 11.3 Å². The lowest BCUT2D eigenvalue weighted by Gasteiger charge is -2.41. The van der Waals surface area contributed by atoms with Crippen molar-refractivity contribution in [3.05, 3.63) is 29.8 Å². The maximum Gasteiger partial charge on any atom is 0.193 e. The molecule has 6 atom stereocenters. The second-order valence-corrected chi connectivity index (χ2v) is 17.6. The van der Waals surface area contributed by atoms with E-state index in [0.29, 0.717) is 6.61 Å². The predicted molar refractivity (Wildman–Crippen MR) is 180 cm³/mol. The number of methoxy groups -OCH3 is 1. The molecule has 0 bridgehead atoms. The van der Waals surface area contributed by atoms with E-state index < -0.39 is 20.3 Å². The van der Waals surface area contributed by atoms with E-state index in [1.165, 1.54) is 56.7 Å². The third-order valence-electron chi connectivity index (χ3n) is 9.22. The van der Waals surface area contributed by atoms with Crippen LogP contribution in [0.15, 0.2) is 24.3 Å². The van der Waals surface area contributed by atoms with Gasteiger partial charge in [-0.05, 0) is 47.7 Å². The molecule has 0 amide bonds. The average Bonchev–Trinajstić information content (AvgIpc) is 2.98. The van der Waals surface area contributed by atoms with E-state index in [9.17, 15) is 9.90 Å². The van der Waals surface area contributed by atoms with Crippen LogP contribution in [0.4, 0.5) is 0 Å². The predicted octanol–water partition coefficient (Wildman–Crippen LogP) is 9.46. The number of ketones is 1. The monoisotopic (exact) mass is 606 g/mol. The van der Waals surface area contributed by atoms with Gasteiger partial charge in [-0.3, -0.25) is 4.79 Å². The summed E-state index contributed by atoms with van der Waals surface area (Å²) in [6.07, 6.45) is 6.04. The first kappa shape index (κ1) is 38.8.